The maximum atomic E-state index is 11.9. The molecule has 0 aromatic carbocycles. The zero-order chi connectivity index (χ0) is 13.9. The van der Waals surface area contributed by atoms with Gasteiger partial charge >= 0.3 is 0 Å². The summed E-state index contributed by atoms with van der Waals surface area (Å²) in [6.45, 7) is 2.05. The van der Waals surface area contributed by atoms with Crippen molar-refractivity contribution in [1.82, 2.24) is 9.36 Å². The lowest BCUT2D eigenvalue weighted by Gasteiger charge is -2.06. The summed E-state index contributed by atoms with van der Waals surface area (Å²) < 4.78 is 27.8. The Morgan fingerprint density at radius 1 is 1.47 bits per heavy atom. The van der Waals surface area contributed by atoms with Gasteiger partial charge in [-0.25, -0.2) is 8.42 Å². The number of nitrogen functional groups attached to an aromatic ring is 1. The average Bonchev–Trinajstić information content (AvgIpc) is 2.79. The molecule has 2 aromatic rings. The molecule has 0 bridgehead atoms. The molecule has 0 saturated carbocycles. The molecular formula is C11H14N4O2S2. The van der Waals surface area contributed by atoms with Crippen molar-refractivity contribution in [2.45, 2.75) is 18.4 Å². The molecule has 0 spiro atoms. The Morgan fingerprint density at radius 2 is 2.26 bits per heavy atom. The highest BCUT2D eigenvalue weighted by molar-refractivity contribution is 7.91. The quantitative estimate of drug-likeness (QED) is 0.868. The number of hydrogen-bond donors (Lipinski definition) is 2. The molecule has 8 heteroatoms. The predicted molar refractivity (Wildman–Crippen MR) is 75.8 cm³/mol. The fraction of sp³-hybridized carbons (Fsp3) is 0.273. The summed E-state index contributed by atoms with van der Waals surface area (Å²) >= 11 is 1.05. The maximum absolute atomic E-state index is 11.9. The van der Waals surface area contributed by atoms with Crippen LogP contribution in [-0.2, 0) is 16.4 Å². The van der Waals surface area contributed by atoms with Crippen molar-refractivity contribution in [3.63, 3.8) is 0 Å². The molecule has 0 aliphatic carbocycles. The molecule has 0 radical (unpaired) electrons. The molecule has 6 nitrogen and oxygen atoms in total. The Kier molecular flexibility index (Phi) is 4.01. The van der Waals surface area contributed by atoms with Crippen molar-refractivity contribution >= 4 is 32.2 Å². The second kappa shape index (κ2) is 5.54. The van der Waals surface area contributed by atoms with Crippen LogP contribution in [0, 0.1) is 0 Å². The summed E-state index contributed by atoms with van der Waals surface area (Å²) in [6, 6.07) is 3.72. The summed E-state index contributed by atoms with van der Waals surface area (Å²) in [4.78, 5) is 4.10. The third-order valence-electron chi connectivity index (χ3n) is 2.54. The van der Waals surface area contributed by atoms with Crippen LogP contribution < -0.4 is 11.1 Å². The number of aromatic nitrogens is 2. The molecule has 0 aliphatic heterocycles. The number of nitrogens with one attached hydrogen (secondary N) is 1. The van der Waals surface area contributed by atoms with Gasteiger partial charge in [-0.1, -0.05) is 13.0 Å². The van der Waals surface area contributed by atoms with Crippen LogP contribution in [0.15, 0.2) is 29.4 Å². The molecule has 3 N–H and O–H groups in total. The first kappa shape index (κ1) is 13.8. The number of anilines is 2. The predicted octanol–water partition coefficient (Wildman–Crippen LogP) is 1.53. The number of rotatable bonds is 5. The van der Waals surface area contributed by atoms with Crippen LogP contribution in [0.5, 0.6) is 0 Å². The van der Waals surface area contributed by atoms with Gasteiger partial charge in [-0.15, -0.1) is 0 Å². The zero-order valence-corrected chi connectivity index (χ0v) is 12.0. The third kappa shape index (κ3) is 3.02. The van der Waals surface area contributed by atoms with E-state index in [1.807, 2.05) is 12.1 Å². The van der Waals surface area contributed by atoms with Crippen LogP contribution in [-0.4, -0.2) is 23.5 Å². The Bertz CT molecular complexity index is 653. The van der Waals surface area contributed by atoms with Gasteiger partial charge in [-0.3, -0.25) is 4.98 Å². The normalized spacial score (nSPS) is 11.4. The van der Waals surface area contributed by atoms with Crippen LogP contribution >= 0.6 is 11.5 Å². The lowest BCUT2D eigenvalue weighted by molar-refractivity contribution is 0.598. The lowest BCUT2D eigenvalue weighted by Crippen LogP contribution is -2.09. The summed E-state index contributed by atoms with van der Waals surface area (Å²) in [5, 5.41) is 3.52. The zero-order valence-electron chi connectivity index (χ0n) is 10.3. The molecule has 0 unspecified atom stereocenters. The molecule has 0 saturated heterocycles. The van der Waals surface area contributed by atoms with E-state index in [0.29, 0.717) is 11.5 Å². The van der Waals surface area contributed by atoms with Crippen molar-refractivity contribution in [2.24, 2.45) is 0 Å². The van der Waals surface area contributed by atoms with Crippen molar-refractivity contribution in [1.29, 1.82) is 0 Å². The molecule has 2 rings (SSSR count). The van der Waals surface area contributed by atoms with Crippen LogP contribution in [0.3, 0.4) is 0 Å². The third-order valence-corrected chi connectivity index (χ3v) is 5.28. The van der Waals surface area contributed by atoms with Gasteiger partial charge in [0, 0.05) is 18.9 Å². The standard InChI is InChI=1S/C11H14N4O2S2/c1-2-19(16,17)9-10(12)15-18-11(9)14-7-8-4-3-5-13-6-8/h3-6,14H,2,7H2,1H3,(H2,12,15). The summed E-state index contributed by atoms with van der Waals surface area (Å²) in [5.41, 5.74) is 6.59. The van der Waals surface area contributed by atoms with Gasteiger partial charge in [0.05, 0.1) is 5.75 Å². The molecule has 0 amide bonds. The van der Waals surface area contributed by atoms with Gasteiger partial charge in [-0.2, -0.15) is 4.37 Å². The van der Waals surface area contributed by atoms with E-state index in [1.54, 1.807) is 19.3 Å². The number of hydrogen-bond acceptors (Lipinski definition) is 7. The summed E-state index contributed by atoms with van der Waals surface area (Å²) in [7, 11) is -3.38. The molecule has 0 fully saturated rings. The van der Waals surface area contributed by atoms with E-state index < -0.39 is 9.84 Å². The summed E-state index contributed by atoms with van der Waals surface area (Å²) in [5.74, 6) is 0.0533. The van der Waals surface area contributed by atoms with Crippen LogP contribution in [0.4, 0.5) is 10.8 Å². The lowest BCUT2D eigenvalue weighted by atomic mass is 10.3. The van der Waals surface area contributed by atoms with E-state index in [-0.39, 0.29) is 16.5 Å². The van der Waals surface area contributed by atoms with Crippen LogP contribution in [0.1, 0.15) is 12.5 Å². The SMILES string of the molecule is CCS(=O)(=O)c1c(N)nsc1NCc1cccnc1. The largest absolute Gasteiger partial charge is 0.382 e. The molecule has 2 heterocycles. The molecular weight excluding hydrogens is 284 g/mol. The van der Waals surface area contributed by atoms with Crippen molar-refractivity contribution in [3.8, 4) is 0 Å². The first-order valence-corrected chi connectivity index (χ1v) is 8.08. The average molecular weight is 298 g/mol. The highest BCUT2D eigenvalue weighted by Gasteiger charge is 2.23. The molecule has 0 atom stereocenters. The minimum Gasteiger partial charge on any atom is -0.382 e. The smallest absolute Gasteiger partial charge is 0.184 e. The Balaban J connectivity index is 2.23. The number of nitrogens with zero attached hydrogens (tertiary/aromatic N) is 2. The van der Waals surface area contributed by atoms with Crippen molar-refractivity contribution in [2.75, 3.05) is 16.8 Å². The molecule has 102 valence electrons. The van der Waals surface area contributed by atoms with Gasteiger partial charge < -0.3 is 11.1 Å². The van der Waals surface area contributed by atoms with E-state index in [4.69, 9.17) is 5.73 Å². The maximum Gasteiger partial charge on any atom is 0.184 e. The topological polar surface area (TPSA) is 98.0 Å². The molecule has 0 aliphatic rings. The minimum atomic E-state index is -3.38. The van der Waals surface area contributed by atoms with Crippen LogP contribution in [0.2, 0.25) is 0 Å². The van der Waals surface area contributed by atoms with E-state index in [9.17, 15) is 8.42 Å². The molecule has 2 aromatic heterocycles. The highest BCUT2D eigenvalue weighted by Crippen LogP contribution is 2.32. The Hall–Kier alpha value is -1.67. The van der Waals surface area contributed by atoms with Crippen molar-refractivity contribution < 1.29 is 8.42 Å². The second-order valence-corrected chi connectivity index (χ2v) is 6.83. The van der Waals surface area contributed by atoms with E-state index in [1.165, 1.54) is 0 Å². The highest BCUT2D eigenvalue weighted by atomic mass is 32.2. The monoisotopic (exact) mass is 298 g/mol. The van der Waals surface area contributed by atoms with Gasteiger partial charge in [0.1, 0.15) is 9.90 Å². The van der Waals surface area contributed by atoms with Gasteiger partial charge in [0.2, 0.25) is 0 Å². The van der Waals surface area contributed by atoms with Gasteiger partial charge in [-0.05, 0) is 23.2 Å². The minimum absolute atomic E-state index is 0.00279. The fourth-order valence-corrected chi connectivity index (χ4v) is 3.70. The van der Waals surface area contributed by atoms with Crippen molar-refractivity contribution in [3.05, 3.63) is 30.1 Å². The Morgan fingerprint density at radius 3 is 2.89 bits per heavy atom. The van der Waals surface area contributed by atoms with E-state index in [0.717, 1.165) is 17.1 Å². The van der Waals surface area contributed by atoms with Crippen LogP contribution in [0.25, 0.3) is 0 Å². The van der Waals surface area contributed by atoms with E-state index in [2.05, 4.69) is 14.7 Å². The molecule has 19 heavy (non-hydrogen) atoms. The number of sulfone groups is 1. The van der Waals surface area contributed by atoms with Gasteiger partial charge in [0.15, 0.2) is 15.7 Å². The second-order valence-electron chi connectivity index (χ2n) is 3.84. The first-order chi connectivity index (χ1) is 9.04. The Labute approximate surface area is 115 Å². The number of pyridine rings is 1. The first-order valence-electron chi connectivity index (χ1n) is 5.65. The summed E-state index contributed by atoms with van der Waals surface area (Å²) in [6.07, 6.45) is 3.40. The fourth-order valence-electron chi connectivity index (χ4n) is 1.54. The van der Waals surface area contributed by atoms with Gasteiger partial charge in [0.25, 0.3) is 0 Å². The van der Waals surface area contributed by atoms with E-state index >= 15 is 0 Å². The number of nitrogens with two attached hydrogens (primary N) is 1.